The zero-order chi connectivity index (χ0) is 15.2. The van der Waals surface area contributed by atoms with Crippen LogP contribution in [0.2, 0.25) is 0 Å². The van der Waals surface area contributed by atoms with Crippen LogP contribution < -0.4 is 11.1 Å². The second-order valence-corrected chi connectivity index (χ2v) is 6.38. The molecular formula is C15H24N4OS. The molecule has 0 amide bonds. The van der Waals surface area contributed by atoms with Gasteiger partial charge in [0.15, 0.2) is 0 Å². The van der Waals surface area contributed by atoms with E-state index in [-0.39, 0.29) is 0 Å². The van der Waals surface area contributed by atoms with Crippen molar-refractivity contribution in [1.29, 1.82) is 0 Å². The second kappa shape index (κ2) is 7.56. The molecule has 0 aliphatic heterocycles. The van der Waals surface area contributed by atoms with Crippen LogP contribution in [0.4, 0.5) is 11.8 Å². The third kappa shape index (κ3) is 4.54. The summed E-state index contributed by atoms with van der Waals surface area (Å²) >= 11 is 1.69. The number of nitrogens with one attached hydrogen (secondary N) is 1. The van der Waals surface area contributed by atoms with E-state index in [9.17, 15) is 0 Å². The van der Waals surface area contributed by atoms with Gasteiger partial charge in [0.05, 0.1) is 11.5 Å². The molecule has 0 radical (unpaired) electrons. The molecule has 2 heterocycles. The van der Waals surface area contributed by atoms with Gasteiger partial charge in [-0.3, -0.25) is 0 Å². The van der Waals surface area contributed by atoms with E-state index in [2.05, 4.69) is 42.1 Å². The number of aromatic nitrogens is 2. The van der Waals surface area contributed by atoms with Crippen molar-refractivity contribution in [2.24, 2.45) is 0 Å². The normalized spacial score (nSPS) is 11.4. The van der Waals surface area contributed by atoms with Crippen molar-refractivity contribution in [3.63, 3.8) is 0 Å². The van der Waals surface area contributed by atoms with Gasteiger partial charge in [0.1, 0.15) is 10.6 Å². The molecule has 116 valence electrons. The Balaban J connectivity index is 1.93. The summed E-state index contributed by atoms with van der Waals surface area (Å²) in [6, 6.07) is 2.16. The molecule has 0 spiro atoms. The van der Waals surface area contributed by atoms with Crippen LogP contribution in [-0.2, 0) is 11.2 Å². The van der Waals surface area contributed by atoms with Crippen LogP contribution in [-0.4, -0.2) is 29.2 Å². The number of anilines is 2. The molecule has 0 saturated carbocycles. The van der Waals surface area contributed by atoms with Crippen molar-refractivity contribution in [2.75, 3.05) is 24.2 Å². The number of hydrogen-bond acceptors (Lipinski definition) is 6. The van der Waals surface area contributed by atoms with Gasteiger partial charge in [-0.2, -0.15) is 4.98 Å². The first-order valence-corrected chi connectivity index (χ1v) is 8.33. The van der Waals surface area contributed by atoms with Gasteiger partial charge < -0.3 is 15.8 Å². The molecule has 2 aromatic rings. The van der Waals surface area contributed by atoms with Crippen molar-refractivity contribution < 1.29 is 4.74 Å². The smallest absolute Gasteiger partial charge is 0.223 e. The molecule has 0 bridgehead atoms. The maximum absolute atomic E-state index is 5.79. The minimum Gasteiger partial charge on any atom is -0.379 e. The first-order valence-electron chi connectivity index (χ1n) is 7.51. The monoisotopic (exact) mass is 308 g/mol. The molecule has 6 heteroatoms. The SMILES string of the molecule is CCc1cc2c(NCCCCOC(C)C)nc(N)nc2s1. The molecule has 0 aliphatic carbocycles. The van der Waals surface area contributed by atoms with E-state index < -0.39 is 0 Å². The minimum absolute atomic E-state index is 0.303. The lowest BCUT2D eigenvalue weighted by Gasteiger charge is -2.09. The summed E-state index contributed by atoms with van der Waals surface area (Å²) in [5.74, 6) is 1.18. The number of nitrogens with two attached hydrogens (primary N) is 1. The number of thiophene rings is 1. The van der Waals surface area contributed by atoms with Crippen molar-refractivity contribution in [3.8, 4) is 0 Å². The molecule has 2 rings (SSSR count). The summed E-state index contributed by atoms with van der Waals surface area (Å²) in [6.45, 7) is 7.92. The maximum atomic E-state index is 5.79. The zero-order valence-electron chi connectivity index (χ0n) is 13.0. The molecule has 5 nitrogen and oxygen atoms in total. The van der Waals surface area contributed by atoms with E-state index in [0.717, 1.165) is 48.4 Å². The number of nitrogens with zero attached hydrogens (tertiary/aromatic N) is 2. The van der Waals surface area contributed by atoms with Crippen molar-refractivity contribution in [2.45, 2.75) is 46.1 Å². The Kier molecular flexibility index (Phi) is 5.76. The summed E-state index contributed by atoms with van der Waals surface area (Å²) < 4.78 is 5.53. The predicted molar refractivity (Wildman–Crippen MR) is 90.0 cm³/mol. The van der Waals surface area contributed by atoms with E-state index in [1.807, 2.05) is 0 Å². The highest BCUT2D eigenvalue weighted by Gasteiger charge is 2.09. The summed E-state index contributed by atoms with van der Waals surface area (Å²) in [6.07, 6.45) is 3.40. The highest BCUT2D eigenvalue weighted by molar-refractivity contribution is 7.18. The van der Waals surface area contributed by atoms with Gasteiger partial charge in [0.25, 0.3) is 0 Å². The standard InChI is InChI=1S/C15H24N4OS/c1-4-11-9-12-13(18-15(16)19-14(12)21-11)17-7-5-6-8-20-10(2)3/h9-10H,4-8H2,1-3H3,(H3,16,17,18,19). The molecule has 0 aliphatic rings. The quantitative estimate of drug-likeness (QED) is 0.731. The van der Waals surface area contributed by atoms with Crippen LogP contribution in [0.3, 0.4) is 0 Å². The third-order valence-corrected chi connectivity index (χ3v) is 4.30. The third-order valence-electron chi connectivity index (χ3n) is 3.12. The maximum Gasteiger partial charge on any atom is 0.223 e. The molecule has 2 aromatic heterocycles. The Hall–Kier alpha value is -1.40. The van der Waals surface area contributed by atoms with Crippen molar-refractivity contribution in [3.05, 3.63) is 10.9 Å². The highest BCUT2D eigenvalue weighted by atomic mass is 32.1. The van der Waals surface area contributed by atoms with Gasteiger partial charge in [-0.1, -0.05) is 6.92 Å². The minimum atomic E-state index is 0.303. The Labute approximate surface area is 129 Å². The molecular weight excluding hydrogens is 284 g/mol. The van der Waals surface area contributed by atoms with Crippen LogP contribution >= 0.6 is 11.3 Å². The summed E-state index contributed by atoms with van der Waals surface area (Å²) in [4.78, 5) is 10.9. The first-order chi connectivity index (χ1) is 10.1. The Morgan fingerprint density at radius 1 is 1.33 bits per heavy atom. The number of nitrogen functional groups attached to an aromatic ring is 1. The van der Waals surface area contributed by atoms with Gasteiger partial charge in [-0.15, -0.1) is 11.3 Å². The summed E-state index contributed by atoms with van der Waals surface area (Å²) in [5, 5.41) is 4.45. The van der Waals surface area contributed by atoms with Crippen molar-refractivity contribution >= 4 is 33.3 Å². The Bertz CT molecular complexity index is 582. The number of unbranched alkanes of at least 4 members (excludes halogenated alkanes) is 1. The molecule has 0 aromatic carbocycles. The average molecular weight is 308 g/mol. The zero-order valence-corrected chi connectivity index (χ0v) is 13.8. The Morgan fingerprint density at radius 2 is 2.14 bits per heavy atom. The van der Waals surface area contributed by atoms with E-state index >= 15 is 0 Å². The molecule has 0 fully saturated rings. The number of hydrogen-bond donors (Lipinski definition) is 2. The van der Waals surface area contributed by atoms with E-state index in [0.29, 0.717) is 12.1 Å². The summed E-state index contributed by atoms with van der Waals surface area (Å²) in [7, 11) is 0. The van der Waals surface area contributed by atoms with Gasteiger partial charge in [-0.05, 0) is 39.2 Å². The van der Waals surface area contributed by atoms with Crippen LogP contribution in [0.1, 0.15) is 38.5 Å². The molecule has 3 N–H and O–H groups in total. The average Bonchev–Trinajstić information content (AvgIpc) is 2.85. The summed E-state index contributed by atoms with van der Waals surface area (Å²) in [5.41, 5.74) is 5.79. The lowest BCUT2D eigenvalue weighted by atomic mass is 10.3. The van der Waals surface area contributed by atoms with Crippen LogP contribution in [0.25, 0.3) is 10.2 Å². The van der Waals surface area contributed by atoms with Gasteiger partial charge in [-0.25, -0.2) is 4.98 Å². The van der Waals surface area contributed by atoms with Gasteiger partial charge in [0.2, 0.25) is 5.95 Å². The number of ether oxygens (including phenoxy) is 1. The molecule has 0 unspecified atom stereocenters. The number of aryl methyl sites for hydroxylation is 1. The lowest BCUT2D eigenvalue weighted by Crippen LogP contribution is -2.08. The topological polar surface area (TPSA) is 73.1 Å². The number of fused-ring (bicyclic) bond motifs is 1. The van der Waals surface area contributed by atoms with Gasteiger partial charge in [0, 0.05) is 18.0 Å². The fraction of sp³-hybridized carbons (Fsp3) is 0.600. The first kappa shape index (κ1) is 16.0. The van der Waals surface area contributed by atoms with Crippen molar-refractivity contribution in [1.82, 2.24) is 9.97 Å². The molecule has 0 saturated heterocycles. The molecule has 0 atom stereocenters. The molecule has 21 heavy (non-hydrogen) atoms. The number of rotatable bonds is 8. The fourth-order valence-electron chi connectivity index (χ4n) is 2.05. The lowest BCUT2D eigenvalue weighted by molar-refractivity contribution is 0.0765. The van der Waals surface area contributed by atoms with E-state index in [4.69, 9.17) is 10.5 Å². The van der Waals surface area contributed by atoms with Crippen LogP contribution in [0, 0.1) is 0 Å². The van der Waals surface area contributed by atoms with Gasteiger partial charge >= 0.3 is 0 Å². The second-order valence-electron chi connectivity index (χ2n) is 5.27. The Morgan fingerprint density at radius 3 is 2.86 bits per heavy atom. The van der Waals surface area contributed by atoms with E-state index in [1.54, 1.807) is 11.3 Å². The van der Waals surface area contributed by atoms with E-state index in [1.165, 1.54) is 4.88 Å². The fourth-order valence-corrected chi connectivity index (χ4v) is 3.02. The van der Waals surface area contributed by atoms with Crippen LogP contribution in [0.5, 0.6) is 0 Å². The van der Waals surface area contributed by atoms with Crippen LogP contribution in [0.15, 0.2) is 6.07 Å². The largest absolute Gasteiger partial charge is 0.379 e. The highest BCUT2D eigenvalue weighted by Crippen LogP contribution is 2.29. The predicted octanol–water partition coefficient (Wildman–Crippen LogP) is 3.45.